The lowest BCUT2D eigenvalue weighted by Crippen LogP contribution is -2.55. The van der Waals surface area contributed by atoms with Crippen LogP contribution in [-0.4, -0.2) is 125 Å². The highest BCUT2D eigenvalue weighted by Gasteiger charge is 2.45. The van der Waals surface area contributed by atoms with Gasteiger partial charge in [0, 0.05) is 78.5 Å². The maximum absolute atomic E-state index is 15.0. The first kappa shape index (κ1) is 52.2. The van der Waals surface area contributed by atoms with Gasteiger partial charge in [-0.1, -0.05) is 58.5 Å². The van der Waals surface area contributed by atoms with Crippen LogP contribution in [-0.2, 0) is 12.4 Å². The van der Waals surface area contributed by atoms with Gasteiger partial charge < -0.3 is 24.7 Å². The summed E-state index contributed by atoms with van der Waals surface area (Å²) in [6.07, 6.45) is -4.28. The average molecular weight is 1100 g/mol. The van der Waals surface area contributed by atoms with Gasteiger partial charge in [-0.2, -0.15) is 36.5 Å². The fourth-order valence-corrected chi connectivity index (χ4v) is 12.8. The van der Waals surface area contributed by atoms with Gasteiger partial charge in [0.15, 0.2) is 22.7 Å². The van der Waals surface area contributed by atoms with E-state index in [9.17, 15) is 31.4 Å². The summed E-state index contributed by atoms with van der Waals surface area (Å²) in [6.45, 7) is 14.0. The van der Waals surface area contributed by atoms with E-state index in [1.54, 1.807) is 44.2 Å². The first-order valence-corrected chi connectivity index (χ1v) is 26.3. The second-order valence-electron chi connectivity index (χ2n) is 20.9. The van der Waals surface area contributed by atoms with E-state index < -0.39 is 41.9 Å². The van der Waals surface area contributed by atoms with Gasteiger partial charge in [0.25, 0.3) is 0 Å². The van der Waals surface area contributed by atoms with Crippen LogP contribution >= 0.6 is 46.4 Å². The molecule has 0 spiro atoms. The molecule has 0 bridgehead atoms. The van der Waals surface area contributed by atoms with Gasteiger partial charge in [-0.3, -0.25) is 0 Å². The molecule has 4 aliphatic rings. The number of likely N-dealkylation sites (tertiary alicyclic amines) is 2. The largest absolute Gasteiger partial charge is 0.437 e. The monoisotopic (exact) mass is 1090 g/mol. The quantitative estimate of drug-likeness (QED) is 0.111. The van der Waals surface area contributed by atoms with Crippen molar-refractivity contribution in [2.24, 2.45) is 29.6 Å². The molecular weight excluding hydrogens is 1040 g/mol. The van der Waals surface area contributed by atoms with E-state index in [0.717, 1.165) is 39.0 Å². The number of hydrogen-bond acceptors (Lipinski definition) is 11. The van der Waals surface area contributed by atoms with Crippen molar-refractivity contribution in [1.29, 1.82) is 0 Å². The number of benzene rings is 2. The van der Waals surface area contributed by atoms with Crippen LogP contribution in [0, 0.1) is 29.6 Å². The number of aliphatic hydroxyl groups is 1. The predicted octanol–water partition coefficient (Wildman–Crippen LogP) is 11.2. The number of anilines is 2. The van der Waals surface area contributed by atoms with Crippen LogP contribution in [0.15, 0.2) is 48.8 Å². The summed E-state index contributed by atoms with van der Waals surface area (Å²) in [5.41, 5.74) is -2.05. The Morgan fingerprint density at radius 1 is 0.658 bits per heavy atom. The van der Waals surface area contributed by atoms with Gasteiger partial charge in [-0.05, 0) is 125 Å². The van der Waals surface area contributed by atoms with E-state index in [2.05, 4.69) is 48.7 Å². The molecule has 1 N–H and O–H groups in total. The molecule has 2 aromatic carbocycles. The Hall–Kier alpha value is -4.24. The molecule has 6 unspecified atom stereocenters. The summed E-state index contributed by atoms with van der Waals surface area (Å²) in [4.78, 5) is 27.1. The summed E-state index contributed by atoms with van der Waals surface area (Å²) in [5, 5.41) is 20.2. The van der Waals surface area contributed by atoms with Crippen molar-refractivity contribution in [3.05, 3.63) is 91.4 Å². The van der Waals surface area contributed by atoms with Gasteiger partial charge >= 0.3 is 12.4 Å². The Balaban J connectivity index is 0.930. The molecule has 0 radical (unpaired) electrons. The van der Waals surface area contributed by atoms with E-state index in [4.69, 9.17) is 56.4 Å². The third-order valence-corrected chi connectivity index (χ3v) is 16.6. The maximum atomic E-state index is 15.0. The van der Waals surface area contributed by atoms with Crippen LogP contribution in [0.25, 0.3) is 22.3 Å². The Morgan fingerprint density at radius 2 is 1.19 bits per heavy atom. The molecule has 0 aliphatic carbocycles. The standard InChI is InChI=1S/C50H56Cl4F6N12O/c1-26(2)68-11-5-6-30(21-68)32-22-69(23-32)42-17-62-44-46(50(58,59)60)66-72(48(44)64-42)40(37-10-8-35(52)15-39(37)54)13-29-12-31(20-67(19-29)18-27(3)73)33-24-70(25-33)41-16-61-43-45(49(55,56)57)65-71(47(43)63-41)28(4)36-9-7-34(51)14-38(36)53/h7-10,14-17,26-33,40,73H,5-6,11-13,18-25H2,1-4H3. The van der Waals surface area contributed by atoms with E-state index in [1.165, 1.54) is 27.8 Å². The summed E-state index contributed by atoms with van der Waals surface area (Å²) >= 11 is 26.0. The third kappa shape index (κ3) is 10.7. The number of hydrogen-bond donors (Lipinski definition) is 1. The molecule has 0 amide bonds. The van der Waals surface area contributed by atoms with Crippen molar-refractivity contribution in [2.45, 2.75) is 90.0 Å². The molecule has 23 heteroatoms. The number of β-amino-alcohol motifs (C(OH)–C–C–N with tert-alkyl or cyclic N) is 1. The third-order valence-electron chi connectivity index (χ3n) is 15.5. The second kappa shape index (κ2) is 20.4. The smallest absolute Gasteiger partial charge is 0.392 e. The van der Waals surface area contributed by atoms with Crippen LogP contribution < -0.4 is 9.80 Å². The summed E-state index contributed by atoms with van der Waals surface area (Å²) < 4.78 is 90.5. The van der Waals surface area contributed by atoms with Crippen molar-refractivity contribution in [3.63, 3.8) is 0 Å². The summed E-state index contributed by atoms with van der Waals surface area (Å²) in [6, 6.07) is 8.59. The fourth-order valence-electron chi connectivity index (χ4n) is 11.7. The first-order valence-electron chi connectivity index (χ1n) is 24.8. The zero-order valence-electron chi connectivity index (χ0n) is 40.6. The predicted molar refractivity (Wildman–Crippen MR) is 271 cm³/mol. The summed E-state index contributed by atoms with van der Waals surface area (Å²) in [5.74, 6) is 1.85. The first-order chi connectivity index (χ1) is 34.6. The second-order valence-corrected chi connectivity index (χ2v) is 22.6. The van der Waals surface area contributed by atoms with Crippen LogP contribution in [0.5, 0.6) is 0 Å². The molecule has 8 heterocycles. The van der Waals surface area contributed by atoms with Crippen molar-refractivity contribution < 1.29 is 31.4 Å². The summed E-state index contributed by atoms with van der Waals surface area (Å²) in [7, 11) is 0. The van der Waals surface area contributed by atoms with E-state index in [0.29, 0.717) is 96.3 Å². The lowest BCUT2D eigenvalue weighted by Gasteiger charge is -2.49. The minimum absolute atomic E-state index is 0.00297. The molecule has 73 heavy (non-hydrogen) atoms. The number of aromatic nitrogens is 8. The number of aliphatic hydroxyl groups excluding tert-OH is 1. The molecule has 6 aromatic rings. The molecule has 4 saturated heterocycles. The normalized spacial score (nSPS) is 22.3. The Labute approximate surface area is 438 Å². The SMILES string of the molecule is CC(O)CN1CC(CC(c2ccc(Cl)cc2Cl)n2nc(C(F)(F)F)c3ncc(N4CC(C5CCCN(C(C)C)C5)C4)nc32)CC(C2CN(c3cnc4c(C(F)(F)F)nn(C(C)c5ccc(Cl)cc5Cl)c4n3)C2)C1. The minimum Gasteiger partial charge on any atom is -0.392 e. The van der Waals surface area contributed by atoms with Gasteiger partial charge in [-0.15, -0.1) is 0 Å². The van der Waals surface area contributed by atoms with Crippen LogP contribution in [0.1, 0.15) is 88.0 Å². The van der Waals surface area contributed by atoms with Crippen molar-refractivity contribution >= 4 is 80.4 Å². The molecule has 13 nitrogen and oxygen atoms in total. The van der Waals surface area contributed by atoms with Gasteiger partial charge in [-0.25, -0.2) is 29.3 Å². The van der Waals surface area contributed by atoms with Crippen molar-refractivity contribution in [3.8, 4) is 0 Å². The zero-order chi connectivity index (χ0) is 51.8. The van der Waals surface area contributed by atoms with E-state index in [-0.39, 0.29) is 50.1 Å². The lowest BCUT2D eigenvalue weighted by atomic mass is 9.75. The average Bonchev–Trinajstić information content (AvgIpc) is 3.87. The number of fused-ring (bicyclic) bond motifs is 2. The lowest BCUT2D eigenvalue weighted by molar-refractivity contribution is -0.141. The Kier molecular flexibility index (Phi) is 14.6. The highest BCUT2D eigenvalue weighted by atomic mass is 35.5. The minimum atomic E-state index is -4.84. The topological polar surface area (TPSA) is 120 Å². The molecule has 4 aromatic heterocycles. The van der Waals surface area contributed by atoms with E-state index in [1.807, 2.05) is 4.90 Å². The molecule has 4 aliphatic heterocycles. The number of alkyl halides is 6. The number of nitrogens with zero attached hydrogens (tertiary/aromatic N) is 12. The Morgan fingerprint density at radius 3 is 1.73 bits per heavy atom. The number of piperidine rings is 2. The van der Waals surface area contributed by atoms with Crippen molar-refractivity contribution in [1.82, 2.24) is 49.3 Å². The van der Waals surface area contributed by atoms with Gasteiger partial charge in [0.1, 0.15) is 22.7 Å². The number of halogens is 10. The van der Waals surface area contributed by atoms with Gasteiger partial charge in [0.2, 0.25) is 0 Å². The molecule has 10 rings (SSSR count). The molecule has 0 saturated carbocycles. The molecule has 392 valence electrons. The molecule has 6 atom stereocenters. The highest BCUT2D eigenvalue weighted by molar-refractivity contribution is 6.35. The molecule has 4 fully saturated rings. The van der Waals surface area contributed by atoms with Crippen LogP contribution in [0.3, 0.4) is 0 Å². The zero-order valence-corrected chi connectivity index (χ0v) is 43.6. The van der Waals surface area contributed by atoms with E-state index >= 15 is 0 Å². The van der Waals surface area contributed by atoms with Crippen LogP contribution in [0.4, 0.5) is 38.0 Å². The number of rotatable bonds is 13. The molecular formula is C50H56Cl4F6N12O. The highest BCUT2D eigenvalue weighted by Crippen LogP contribution is 2.44. The van der Waals surface area contributed by atoms with Crippen LogP contribution in [0.2, 0.25) is 20.1 Å². The van der Waals surface area contributed by atoms with Crippen molar-refractivity contribution in [2.75, 3.05) is 68.7 Å². The Bertz CT molecular complexity index is 2980. The van der Waals surface area contributed by atoms with Gasteiger partial charge in [0.05, 0.1) is 30.6 Å². The fraction of sp³-hybridized carbons (Fsp3) is 0.560. The maximum Gasteiger partial charge on any atom is 0.437 e.